The molecule has 0 aliphatic heterocycles. The van der Waals surface area contributed by atoms with Crippen LogP contribution in [0.15, 0.2) is 29.2 Å². The summed E-state index contributed by atoms with van der Waals surface area (Å²) in [5.74, 6) is 0. The Balaban J connectivity index is 2.93. The Morgan fingerprint density at radius 2 is 1.82 bits per heavy atom. The highest BCUT2D eigenvalue weighted by Gasteiger charge is 2.17. The molecule has 4 heteroatoms. The molecule has 17 heavy (non-hydrogen) atoms. The van der Waals surface area contributed by atoms with Gasteiger partial charge in [-0.25, -0.2) is 8.42 Å². The predicted molar refractivity (Wildman–Crippen MR) is 72.1 cm³/mol. The maximum absolute atomic E-state index is 11.6. The van der Waals surface area contributed by atoms with Crippen molar-refractivity contribution in [3.05, 3.63) is 24.3 Å². The highest BCUT2D eigenvalue weighted by atomic mass is 32.2. The second-order valence-electron chi connectivity index (χ2n) is 5.14. The molecule has 0 heterocycles. The minimum Gasteiger partial charge on any atom is -0.383 e. The van der Waals surface area contributed by atoms with E-state index in [4.69, 9.17) is 0 Å². The molecule has 1 N–H and O–H groups in total. The molecule has 3 nitrogen and oxygen atoms in total. The van der Waals surface area contributed by atoms with E-state index in [2.05, 4.69) is 26.1 Å². The monoisotopic (exact) mass is 255 g/mol. The van der Waals surface area contributed by atoms with Crippen LogP contribution >= 0.6 is 0 Å². The van der Waals surface area contributed by atoms with E-state index in [-0.39, 0.29) is 5.41 Å². The summed E-state index contributed by atoms with van der Waals surface area (Å²) in [7, 11) is -3.17. The number of rotatable bonds is 5. The minimum atomic E-state index is -3.17. The van der Waals surface area contributed by atoms with Crippen molar-refractivity contribution >= 4 is 15.5 Å². The van der Waals surface area contributed by atoms with Gasteiger partial charge >= 0.3 is 0 Å². The SMILES string of the molecule is CCC(C)(C)CNc1ccccc1S(C)(=O)=O. The normalized spacial score (nSPS) is 12.5. The Kier molecular flexibility index (Phi) is 4.20. The second kappa shape index (κ2) is 5.08. The summed E-state index contributed by atoms with van der Waals surface area (Å²) in [5, 5.41) is 3.23. The van der Waals surface area contributed by atoms with Gasteiger partial charge < -0.3 is 5.32 Å². The maximum atomic E-state index is 11.6. The molecule has 1 rings (SSSR count). The first kappa shape index (κ1) is 14.0. The summed E-state index contributed by atoms with van der Waals surface area (Å²) in [4.78, 5) is 0.368. The van der Waals surface area contributed by atoms with Gasteiger partial charge in [-0.05, 0) is 24.0 Å². The summed E-state index contributed by atoms with van der Waals surface area (Å²) in [6.07, 6.45) is 2.28. The van der Waals surface area contributed by atoms with E-state index in [0.29, 0.717) is 10.6 Å². The smallest absolute Gasteiger partial charge is 0.177 e. The Hall–Kier alpha value is -1.03. The van der Waals surface area contributed by atoms with Crippen LogP contribution in [0, 0.1) is 5.41 Å². The van der Waals surface area contributed by atoms with Crippen molar-refractivity contribution in [3.8, 4) is 0 Å². The van der Waals surface area contributed by atoms with Gasteiger partial charge in [0.05, 0.1) is 10.6 Å². The molecule has 0 aromatic heterocycles. The summed E-state index contributed by atoms with van der Waals surface area (Å²) in [6.45, 7) is 7.20. The maximum Gasteiger partial charge on any atom is 0.177 e. The van der Waals surface area contributed by atoms with E-state index in [9.17, 15) is 8.42 Å². The summed E-state index contributed by atoms with van der Waals surface area (Å²) < 4.78 is 23.2. The number of anilines is 1. The number of para-hydroxylation sites is 1. The summed E-state index contributed by atoms with van der Waals surface area (Å²) in [5.41, 5.74) is 0.849. The fourth-order valence-electron chi connectivity index (χ4n) is 1.40. The highest BCUT2D eigenvalue weighted by molar-refractivity contribution is 7.90. The molecular weight excluding hydrogens is 234 g/mol. The first-order valence-corrected chi connectivity index (χ1v) is 7.68. The van der Waals surface area contributed by atoms with E-state index in [1.807, 2.05) is 12.1 Å². The van der Waals surface area contributed by atoms with Crippen molar-refractivity contribution in [1.29, 1.82) is 0 Å². The number of hydrogen-bond acceptors (Lipinski definition) is 3. The van der Waals surface area contributed by atoms with Crippen LogP contribution in [0.2, 0.25) is 0 Å². The fourth-order valence-corrected chi connectivity index (χ4v) is 2.26. The lowest BCUT2D eigenvalue weighted by atomic mass is 9.90. The van der Waals surface area contributed by atoms with E-state index >= 15 is 0 Å². The molecule has 0 saturated carbocycles. The molecule has 0 spiro atoms. The van der Waals surface area contributed by atoms with Crippen LogP contribution in [0.4, 0.5) is 5.69 Å². The average Bonchev–Trinajstić information content (AvgIpc) is 2.26. The Morgan fingerprint density at radius 3 is 2.35 bits per heavy atom. The molecular formula is C13H21NO2S. The van der Waals surface area contributed by atoms with Crippen LogP contribution in [-0.2, 0) is 9.84 Å². The van der Waals surface area contributed by atoms with Crippen LogP contribution in [0.1, 0.15) is 27.2 Å². The molecule has 0 unspecified atom stereocenters. The lowest BCUT2D eigenvalue weighted by molar-refractivity contribution is 0.376. The highest BCUT2D eigenvalue weighted by Crippen LogP contribution is 2.24. The first-order chi connectivity index (χ1) is 7.76. The van der Waals surface area contributed by atoms with Gasteiger partial charge in [0.1, 0.15) is 0 Å². The zero-order valence-electron chi connectivity index (χ0n) is 10.9. The van der Waals surface area contributed by atoms with Crippen molar-refractivity contribution < 1.29 is 8.42 Å². The molecule has 0 bridgehead atoms. The molecule has 96 valence electrons. The third kappa shape index (κ3) is 4.04. The number of nitrogens with one attached hydrogen (secondary N) is 1. The molecule has 0 aliphatic rings. The van der Waals surface area contributed by atoms with E-state index in [0.717, 1.165) is 13.0 Å². The first-order valence-electron chi connectivity index (χ1n) is 5.79. The zero-order chi connectivity index (χ0) is 13.1. The minimum absolute atomic E-state index is 0.157. The van der Waals surface area contributed by atoms with Gasteiger partial charge in [-0.3, -0.25) is 0 Å². The molecule has 0 fully saturated rings. The van der Waals surface area contributed by atoms with Crippen LogP contribution in [0.3, 0.4) is 0 Å². The van der Waals surface area contributed by atoms with Gasteiger partial charge in [0.15, 0.2) is 9.84 Å². The van der Waals surface area contributed by atoms with Gasteiger partial charge in [-0.2, -0.15) is 0 Å². The number of hydrogen-bond donors (Lipinski definition) is 1. The molecule has 0 aliphatic carbocycles. The van der Waals surface area contributed by atoms with Gasteiger partial charge in [0, 0.05) is 12.8 Å². The third-order valence-corrected chi connectivity index (χ3v) is 4.16. The molecule has 1 aromatic rings. The van der Waals surface area contributed by atoms with Gasteiger partial charge in [-0.15, -0.1) is 0 Å². The topological polar surface area (TPSA) is 46.2 Å². The largest absolute Gasteiger partial charge is 0.383 e. The molecule has 0 radical (unpaired) electrons. The third-order valence-electron chi connectivity index (χ3n) is 3.00. The van der Waals surface area contributed by atoms with E-state index < -0.39 is 9.84 Å². The Bertz CT molecular complexity index is 478. The Labute approximate surface area is 104 Å². The van der Waals surface area contributed by atoms with Gasteiger partial charge in [-0.1, -0.05) is 32.9 Å². The fraction of sp³-hybridized carbons (Fsp3) is 0.538. The van der Waals surface area contributed by atoms with Gasteiger partial charge in [0.2, 0.25) is 0 Å². The van der Waals surface area contributed by atoms with Crippen molar-refractivity contribution in [2.24, 2.45) is 5.41 Å². The van der Waals surface area contributed by atoms with Crippen molar-refractivity contribution in [2.75, 3.05) is 18.1 Å². The van der Waals surface area contributed by atoms with Crippen molar-refractivity contribution in [2.45, 2.75) is 32.1 Å². The van der Waals surface area contributed by atoms with Crippen LogP contribution < -0.4 is 5.32 Å². The van der Waals surface area contributed by atoms with E-state index in [1.165, 1.54) is 6.26 Å². The Morgan fingerprint density at radius 1 is 1.24 bits per heavy atom. The van der Waals surface area contributed by atoms with Gasteiger partial charge in [0.25, 0.3) is 0 Å². The molecule has 0 amide bonds. The zero-order valence-corrected chi connectivity index (χ0v) is 11.8. The second-order valence-corrected chi connectivity index (χ2v) is 7.12. The molecule has 0 atom stereocenters. The molecule has 1 aromatic carbocycles. The van der Waals surface area contributed by atoms with Crippen LogP contribution in [0.25, 0.3) is 0 Å². The standard InChI is InChI=1S/C13H21NO2S/c1-5-13(2,3)10-14-11-8-6-7-9-12(11)17(4,15)16/h6-9,14H,5,10H2,1-4H3. The quantitative estimate of drug-likeness (QED) is 0.880. The van der Waals surface area contributed by atoms with Crippen molar-refractivity contribution in [3.63, 3.8) is 0 Å². The summed E-state index contributed by atoms with van der Waals surface area (Å²) >= 11 is 0. The number of benzene rings is 1. The summed E-state index contributed by atoms with van der Waals surface area (Å²) in [6, 6.07) is 7.03. The number of sulfone groups is 1. The lowest BCUT2D eigenvalue weighted by Gasteiger charge is -2.24. The van der Waals surface area contributed by atoms with Crippen LogP contribution in [-0.4, -0.2) is 21.2 Å². The van der Waals surface area contributed by atoms with Crippen LogP contribution in [0.5, 0.6) is 0 Å². The predicted octanol–water partition coefficient (Wildman–Crippen LogP) is 2.94. The lowest BCUT2D eigenvalue weighted by Crippen LogP contribution is -2.22. The van der Waals surface area contributed by atoms with Crippen molar-refractivity contribution in [1.82, 2.24) is 0 Å². The average molecular weight is 255 g/mol. The molecule has 0 saturated heterocycles. The van der Waals surface area contributed by atoms with E-state index in [1.54, 1.807) is 12.1 Å².